The first-order valence-electron chi connectivity index (χ1n) is 12.3. The number of piperidine rings is 1. The number of amides is 1. The van der Waals surface area contributed by atoms with E-state index >= 15 is 0 Å². The Bertz CT molecular complexity index is 1260. The van der Waals surface area contributed by atoms with Gasteiger partial charge in [0.1, 0.15) is 5.82 Å². The molecule has 10 nitrogen and oxygen atoms in total. The van der Waals surface area contributed by atoms with Gasteiger partial charge in [-0.2, -0.15) is 4.98 Å². The van der Waals surface area contributed by atoms with Gasteiger partial charge in [0.2, 0.25) is 11.7 Å². The van der Waals surface area contributed by atoms with Gasteiger partial charge < -0.3 is 29.2 Å². The van der Waals surface area contributed by atoms with Gasteiger partial charge in [-0.3, -0.25) is 4.90 Å². The van der Waals surface area contributed by atoms with E-state index in [-0.39, 0.29) is 23.3 Å². The predicted molar refractivity (Wildman–Crippen MR) is 141 cm³/mol. The Kier molecular flexibility index (Phi) is 8.80. The van der Waals surface area contributed by atoms with Crippen LogP contribution in [0.1, 0.15) is 12.8 Å². The van der Waals surface area contributed by atoms with E-state index in [4.69, 9.17) is 18.9 Å². The van der Waals surface area contributed by atoms with Crippen molar-refractivity contribution < 1.29 is 28.1 Å². The third-order valence-electron chi connectivity index (χ3n) is 6.21. The zero-order valence-electron chi connectivity index (χ0n) is 21.9. The highest BCUT2D eigenvalue weighted by Crippen LogP contribution is 2.37. The lowest BCUT2D eigenvalue weighted by atomic mass is 10.00. The first-order valence-corrected chi connectivity index (χ1v) is 12.3. The smallest absolute Gasteiger partial charge is 0.420 e. The lowest BCUT2D eigenvalue weighted by molar-refractivity contribution is 0.147. The molecule has 1 N–H and O–H groups in total. The van der Waals surface area contributed by atoms with Crippen molar-refractivity contribution in [1.82, 2.24) is 14.9 Å². The fourth-order valence-electron chi connectivity index (χ4n) is 4.23. The Balaban J connectivity index is 1.39. The van der Waals surface area contributed by atoms with Crippen LogP contribution in [0, 0.1) is 11.7 Å². The molecular formula is C27H32FN5O5. The SMILES string of the molecule is COc1cccc(OC(=O)N(C)c2ccnc(Nc3ccc(OCC4CCCN(C)C4)c(F)c3)n2)c1OC. The molecule has 0 spiro atoms. The molecule has 202 valence electrons. The number of anilines is 3. The molecule has 0 aliphatic carbocycles. The van der Waals surface area contributed by atoms with Crippen molar-refractivity contribution in [2.24, 2.45) is 5.92 Å². The van der Waals surface area contributed by atoms with Crippen molar-refractivity contribution >= 4 is 23.5 Å². The number of hydrogen-bond acceptors (Lipinski definition) is 9. The standard InChI is InChI=1S/C27H32FN5O5/c1-32-14-6-7-18(16-32)17-37-21-11-10-19(15-20(21)28)30-26-29-13-12-24(31-26)33(2)27(34)38-23-9-5-8-22(35-3)25(23)36-4/h5,8-13,15,18H,6-7,14,16-17H2,1-4H3,(H,29,30,31). The molecule has 38 heavy (non-hydrogen) atoms. The number of para-hydroxylation sites is 1. The van der Waals surface area contributed by atoms with Crippen LogP contribution < -0.4 is 29.2 Å². The van der Waals surface area contributed by atoms with E-state index in [1.807, 2.05) is 0 Å². The first kappa shape index (κ1) is 26.9. The second kappa shape index (κ2) is 12.4. The van der Waals surface area contributed by atoms with Gasteiger partial charge in [-0.25, -0.2) is 14.2 Å². The normalized spacial score (nSPS) is 15.4. The molecular weight excluding hydrogens is 493 g/mol. The topological polar surface area (TPSA) is 98.3 Å². The van der Waals surface area contributed by atoms with Crippen LogP contribution in [0.3, 0.4) is 0 Å². The number of methoxy groups -OCH3 is 2. The molecule has 1 aliphatic rings. The average Bonchev–Trinajstić information content (AvgIpc) is 2.92. The fraction of sp³-hybridized carbons (Fsp3) is 0.370. The number of hydrogen-bond donors (Lipinski definition) is 1. The number of halogens is 1. The molecule has 1 atom stereocenters. The van der Waals surface area contributed by atoms with Crippen molar-refractivity contribution in [2.45, 2.75) is 12.8 Å². The summed E-state index contributed by atoms with van der Waals surface area (Å²) >= 11 is 0. The quantitative estimate of drug-likeness (QED) is 0.425. The van der Waals surface area contributed by atoms with Crippen LogP contribution in [-0.4, -0.2) is 69.0 Å². The minimum Gasteiger partial charge on any atom is -0.493 e. The highest BCUT2D eigenvalue weighted by molar-refractivity contribution is 5.88. The summed E-state index contributed by atoms with van der Waals surface area (Å²) in [6.07, 6.45) is 2.99. The zero-order valence-corrected chi connectivity index (χ0v) is 21.9. The van der Waals surface area contributed by atoms with Crippen molar-refractivity contribution in [2.75, 3.05) is 58.2 Å². The van der Waals surface area contributed by atoms with Crippen molar-refractivity contribution in [1.29, 1.82) is 0 Å². The van der Waals surface area contributed by atoms with Crippen molar-refractivity contribution in [3.63, 3.8) is 0 Å². The molecule has 1 aliphatic heterocycles. The van der Waals surface area contributed by atoms with Crippen molar-refractivity contribution in [3.8, 4) is 23.0 Å². The summed E-state index contributed by atoms with van der Waals surface area (Å²) in [5.74, 6) is 1.48. The lowest BCUT2D eigenvalue weighted by Gasteiger charge is -2.29. The molecule has 1 fully saturated rings. The molecule has 1 saturated heterocycles. The van der Waals surface area contributed by atoms with Gasteiger partial charge in [-0.15, -0.1) is 0 Å². The van der Waals surface area contributed by atoms with Gasteiger partial charge in [0.25, 0.3) is 0 Å². The Morgan fingerprint density at radius 3 is 2.71 bits per heavy atom. The zero-order chi connectivity index (χ0) is 27.1. The summed E-state index contributed by atoms with van der Waals surface area (Å²) in [6.45, 7) is 2.51. The van der Waals surface area contributed by atoms with Gasteiger partial charge in [0.05, 0.1) is 20.8 Å². The number of nitrogens with one attached hydrogen (secondary N) is 1. The van der Waals surface area contributed by atoms with E-state index in [0.29, 0.717) is 29.7 Å². The molecule has 0 radical (unpaired) electrons. The van der Waals surface area contributed by atoms with Gasteiger partial charge in [0.15, 0.2) is 23.1 Å². The molecule has 1 unspecified atom stereocenters. The summed E-state index contributed by atoms with van der Waals surface area (Å²) in [5.41, 5.74) is 0.441. The van der Waals surface area contributed by atoms with Crippen LogP contribution in [0.15, 0.2) is 48.7 Å². The van der Waals surface area contributed by atoms with Crippen LogP contribution in [0.25, 0.3) is 0 Å². The Morgan fingerprint density at radius 2 is 1.97 bits per heavy atom. The van der Waals surface area contributed by atoms with E-state index in [9.17, 15) is 9.18 Å². The Labute approximate surface area is 221 Å². The molecule has 4 rings (SSSR count). The van der Waals surface area contributed by atoms with Crippen LogP contribution >= 0.6 is 0 Å². The number of rotatable bonds is 9. The fourth-order valence-corrected chi connectivity index (χ4v) is 4.23. The number of likely N-dealkylation sites (tertiary alicyclic amines) is 1. The second-order valence-corrected chi connectivity index (χ2v) is 9.01. The largest absolute Gasteiger partial charge is 0.493 e. The van der Waals surface area contributed by atoms with Crippen LogP contribution in [0.5, 0.6) is 23.0 Å². The number of carbonyl (C=O) groups is 1. The highest BCUT2D eigenvalue weighted by atomic mass is 19.1. The van der Waals surface area contributed by atoms with E-state index < -0.39 is 11.9 Å². The summed E-state index contributed by atoms with van der Waals surface area (Å²) in [4.78, 5) is 24.8. The van der Waals surface area contributed by atoms with Crippen LogP contribution in [0.4, 0.5) is 26.6 Å². The minimum absolute atomic E-state index is 0.180. The third kappa shape index (κ3) is 6.60. The van der Waals surface area contributed by atoms with E-state index in [1.54, 1.807) is 36.4 Å². The Morgan fingerprint density at radius 1 is 1.16 bits per heavy atom. The van der Waals surface area contributed by atoms with Crippen molar-refractivity contribution in [3.05, 3.63) is 54.5 Å². The molecule has 0 saturated carbocycles. The Hall–Kier alpha value is -4.12. The molecule has 1 aromatic heterocycles. The number of aromatic nitrogens is 2. The molecule has 2 aromatic carbocycles. The molecule has 1 amide bonds. The average molecular weight is 526 g/mol. The third-order valence-corrected chi connectivity index (χ3v) is 6.21. The minimum atomic E-state index is -0.696. The number of ether oxygens (including phenoxy) is 4. The van der Waals surface area contributed by atoms with Gasteiger partial charge >= 0.3 is 6.09 Å². The number of carbonyl (C=O) groups excluding carboxylic acids is 1. The van der Waals surface area contributed by atoms with E-state index in [0.717, 1.165) is 25.9 Å². The first-order chi connectivity index (χ1) is 18.4. The van der Waals surface area contributed by atoms with E-state index in [2.05, 4.69) is 27.2 Å². The monoisotopic (exact) mass is 525 g/mol. The molecule has 0 bridgehead atoms. The van der Waals surface area contributed by atoms with Crippen LogP contribution in [0.2, 0.25) is 0 Å². The maximum absolute atomic E-state index is 14.7. The van der Waals surface area contributed by atoms with Crippen LogP contribution in [-0.2, 0) is 0 Å². The predicted octanol–water partition coefficient (Wildman–Crippen LogP) is 4.73. The second-order valence-electron chi connectivity index (χ2n) is 9.01. The summed E-state index contributed by atoms with van der Waals surface area (Å²) in [6, 6.07) is 11.1. The summed E-state index contributed by atoms with van der Waals surface area (Å²) < 4.78 is 36.5. The van der Waals surface area contributed by atoms with E-state index in [1.165, 1.54) is 38.4 Å². The molecule has 11 heteroatoms. The lowest BCUT2D eigenvalue weighted by Crippen LogP contribution is -2.34. The van der Waals surface area contributed by atoms with Gasteiger partial charge in [0, 0.05) is 37.5 Å². The summed E-state index contributed by atoms with van der Waals surface area (Å²) in [7, 11) is 6.55. The molecule has 3 aromatic rings. The highest BCUT2D eigenvalue weighted by Gasteiger charge is 2.20. The maximum Gasteiger partial charge on any atom is 0.420 e. The molecule has 2 heterocycles. The number of benzene rings is 2. The van der Waals surface area contributed by atoms with Gasteiger partial charge in [-0.1, -0.05) is 6.07 Å². The number of nitrogens with zero attached hydrogens (tertiary/aromatic N) is 4. The van der Waals surface area contributed by atoms with Gasteiger partial charge in [-0.05, 0) is 56.8 Å². The summed E-state index contributed by atoms with van der Waals surface area (Å²) in [5, 5.41) is 2.96. The maximum atomic E-state index is 14.7.